The van der Waals surface area contributed by atoms with E-state index in [1.807, 2.05) is 0 Å². The Balaban J connectivity index is 1.55. The van der Waals surface area contributed by atoms with Crippen molar-refractivity contribution in [3.05, 3.63) is 94.2 Å². The Labute approximate surface area is 197 Å². The summed E-state index contributed by atoms with van der Waals surface area (Å²) in [5, 5.41) is 11.7. The van der Waals surface area contributed by atoms with Crippen LogP contribution in [0.5, 0.6) is 11.5 Å². The van der Waals surface area contributed by atoms with E-state index >= 15 is 0 Å². The maximum absolute atomic E-state index is 12.9. The summed E-state index contributed by atoms with van der Waals surface area (Å²) in [5.74, 6) is 0.630. The predicted octanol–water partition coefficient (Wildman–Crippen LogP) is 6.06. The molecule has 0 aliphatic rings. The Hall–Kier alpha value is -4.19. The number of aromatic nitrogens is 1. The van der Waals surface area contributed by atoms with Crippen molar-refractivity contribution in [2.45, 2.75) is 18.0 Å². The zero-order chi connectivity index (χ0) is 25.4. The lowest BCUT2D eigenvalue weighted by Gasteiger charge is -2.13. The van der Waals surface area contributed by atoms with Crippen molar-refractivity contribution in [3.63, 3.8) is 0 Å². The summed E-state index contributed by atoms with van der Waals surface area (Å²) in [6, 6.07) is 14.2. The molecule has 0 bridgehead atoms. The van der Waals surface area contributed by atoms with Crippen LogP contribution in [0.3, 0.4) is 0 Å². The molecule has 0 saturated carbocycles. The van der Waals surface area contributed by atoms with Crippen LogP contribution in [-0.4, -0.2) is 18.3 Å². The number of nitrogens with zero attached hydrogens (tertiary/aromatic N) is 2. The van der Waals surface area contributed by atoms with E-state index < -0.39 is 26.7 Å². The van der Waals surface area contributed by atoms with Gasteiger partial charge in [0.15, 0.2) is 5.52 Å². The summed E-state index contributed by atoms with van der Waals surface area (Å²) < 4.78 is 72.2. The number of ether oxygens (including phenoxy) is 1. The second-order valence-corrected chi connectivity index (χ2v) is 9.10. The number of nitro groups is 1. The van der Waals surface area contributed by atoms with Gasteiger partial charge in [0.2, 0.25) is 0 Å². The average Bonchev–Trinajstić information content (AvgIpc) is 2.79. The third kappa shape index (κ3) is 5.01. The molecular weight excluding hydrogens is 487 g/mol. The monoisotopic (exact) mass is 503 g/mol. The molecule has 180 valence electrons. The van der Waals surface area contributed by atoms with E-state index in [-0.39, 0.29) is 27.4 Å². The number of para-hydroxylation sites is 1. The lowest BCUT2D eigenvalue weighted by atomic mass is 10.1. The largest absolute Gasteiger partial charge is 0.457 e. The number of anilines is 1. The summed E-state index contributed by atoms with van der Waals surface area (Å²) in [7, 11) is -4.15. The molecule has 0 unspecified atom stereocenters. The number of pyridine rings is 1. The van der Waals surface area contributed by atoms with Gasteiger partial charge in [-0.05, 0) is 67.1 Å². The van der Waals surface area contributed by atoms with Crippen LogP contribution in [0.25, 0.3) is 10.9 Å². The summed E-state index contributed by atoms with van der Waals surface area (Å²) in [4.78, 5) is 14.5. The van der Waals surface area contributed by atoms with Crippen molar-refractivity contribution in [2.24, 2.45) is 0 Å². The Morgan fingerprint density at radius 3 is 2.37 bits per heavy atom. The third-order valence-electron chi connectivity index (χ3n) is 5.03. The Kier molecular flexibility index (Phi) is 6.07. The number of non-ortho nitro benzene ring substituents is 1. The molecule has 0 atom stereocenters. The smallest absolute Gasteiger partial charge is 0.416 e. The minimum atomic E-state index is -4.58. The van der Waals surface area contributed by atoms with Crippen LogP contribution in [0.1, 0.15) is 11.1 Å². The number of sulfonamides is 1. The van der Waals surface area contributed by atoms with E-state index in [1.54, 1.807) is 6.07 Å². The Morgan fingerprint density at radius 1 is 1.03 bits per heavy atom. The topological polar surface area (TPSA) is 111 Å². The first-order valence-corrected chi connectivity index (χ1v) is 11.4. The zero-order valence-electron chi connectivity index (χ0n) is 17.9. The van der Waals surface area contributed by atoms with E-state index in [4.69, 9.17) is 4.74 Å². The number of hydrogen-bond acceptors (Lipinski definition) is 6. The molecule has 0 amide bonds. The molecule has 4 aromatic rings. The summed E-state index contributed by atoms with van der Waals surface area (Å²) in [6.45, 7) is 1.28. The number of aryl methyl sites for hydroxylation is 1. The van der Waals surface area contributed by atoms with Crippen LogP contribution in [0.2, 0.25) is 0 Å². The van der Waals surface area contributed by atoms with Gasteiger partial charge in [-0.3, -0.25) is 14.8 Å². The quantitative estimate of drug-likeness (QED) is 0.253. The van der Waals surface area contributed by atoms with Gasteiger partial charge in [0.05, 0.1) is 15.4 Å². The van der Waals surface area contributed by atoms with Gasteiger partial charge in [-0.2, -0.15) is 13.2 Å². The number of nitrogens with one attached hydrogen (secondary N) is 1. The highest BCUT2D eigenvalue weighted by Crippen LogP contribution is 2.34. The van der Waals surface area contributed by atoms with Gasteiger partial charge in [0.1, 0.15) is 11.5 Å². The number of nitro benzene ring substituents is 1. The van der Waals surface area contributed by atoms with Crippen molar-refractivity contribution < 1.29 is 31.2 Å². The van der Waals surface area contributed by atoms with Gasteiger partial charge < -0.3 is 4.74 Å². The van der Waals surface area contributed by atoms with Crippen molar-refractivity contribution in [1.29, 1.82) is 0 Å². The van der Waals surface area contributed by atoms with Gasteiger partial charge >= 0.3 is 6.18 Å². The minimum absolute atomic E-state index is 0.0501. The molecule has 1 heterocycles. The SMILES string of the molecule is Cc1cc(C(F)(F)F)ccc1S(=O)(=O)Nc1ccc(Oc2ccnc3c([N+](=O)[O-])cccc23)cc1. The van der Waals surface area contributed by atoms with Crippen LogP contribution in [0, 0.1) is 17.0 Å². The van der Waals surface area contributed by atoms with Crippen LogP contribution in [0.15, 0.2) is 77.8 Å². The average molecular weight is 503 g/mol. The van der Waals surface area contributed by atoms with Crippen molar-refractivity contribution in [3.8, 4) is 11.5 Å². The molecule has 8 nitrogen and oxygen atoms in total. The molecule has 0 radical (unpaired) electrons. The maximum atomic E-state index is 12.9. The Bertz CT molecular complexity index is 1540. The summed E-state index contributed by atoms with van der Waals surface area (Å²) in [6.07, 6.45) is -3.21. The number of fused-ring (bicyclic) bond motifs is 1. The van der Waals surface area contributed by atoms with Crippen molar-refractivity contribution >= 4 is 32.3 Å². The highest BCUT2D eigenvalue weighted by atomic mass is 32.2. The summed E-state index contributed by atoms with van der Waals surface area (Å²) >= 11 is 0. The van der Waals surface area contributed by atoms with Crippen LogP contribution in [0.4, 0.5) is 24.5 Å². The molecular formula is C23H16F3N3O5S. The van der Waals surface area contributed by atoms with Crippen molar-refractivity contribution in [2.75, 3.05) is 4.72 Å². The fourth-order valence-electron chi connectivity index (χ4n) is 3.43. The van der Waals surface area contributed by atoms with Gasteiger partial charge in [-0.15, -0.1) is 0 Å². The first-order chi connectivity index (χ1) is 16.5. The van der Waals surface area contributed by atoms with Crippen LogP contribution < -0.4 is 9.46 Å². The molecule has 3 aromatic carbocycles. The number of benzene rings is 3. The van der Waals surface area contributed by atoms with Gasteiger partial charge in [0.25, 0.3) is 15.7 Å². The van der Waals surface area contributed by atoms with E-state index in [1.165, 1.54) is 55.6 Å². The maximum Gasteiger partial charge on any atom is 0.416 e. The summed E-state index contributed by atoms with van der Waals surface area (Å²) in [5.41, 5.74) is -0.843. The van der Waals surface area contributed by atoms with Crippen LogP contribution in [-0.2, 0) is 16.2 Å². The van der Waals surface area contributed by atoms with Crippen molar-refractivity contribution in [1.82, 2.24) is 4.98 Å². The lowest BCUT2D eigenvalue weighted by molar-refractivity contribution is -0.383. The number of rotatable bonds is 6. The zero-order valence-corrected chi connectivity index (χ0v) is 18.7. The Morgan fingerprint density at radius 2 is 1.74 bits per heavy atom. The highest BCUT2D eigenvalue weighted by Gasteiger charge is 2.31. The fourth-order valence-corrected chi connectivity index (χ4v) is 4.71. The molecule has 0 aliphatic heterocycles. The minimum Gasteiger partial charge on any atom is -0.457 e. The first-order valence-electron chi connectivity index (χ1n) is 9.96. The van der Waals surface area contributed by atoms with E-state index in [2.05, 4.69) is 9.71 Å². The second kappa shape index (κ2) is 8.87. The van der Waals surface area contributed by atoms with E-state index in [0.717, 1.165) is 12.1 Å². The lowest BCUT2D eigenvalue weighted by Crippen LogP contribution is -2.15. The number of halogens is 3. The predicted molar refractivity (Wildman–Crippen MR) is 122 cm³/mol. The first kappa shape index (κ1) is 24.0. The molecule has 0 fully saturated rings. The molecule has 35 heavy (non-hydrogen) atoms. The number of hydrogen-bond donors (Lipinski definition) is 1. The van der Waals surface area contributed by atoms with E-state index in [0.29, 0.717) is 23.0 Å². The molecule has 0 saturated heterocycles. The van der Waals surface area contributed by atoms with Gasteiger partial charge in [-0.25, -0.2) is 13.4 Å². The molecule has 1 aromatic heterocycles. The van der Waals surface area contributed by atoms with Gasteiger partial charge in [0, 0.05) is 23.3 Å². The fraction of sp³-hybridized carbons (Fsp3) is 0.0870. The van der Waals surface area contributed by atoms with E-state index in [9.17, 15) is 31.7 Å². The third-order valence-corrected chi connectivity index (χ3v) is 6.57. The molecule has 0 spiro atoms. The normalized spacial score (nSPS) is 11.9. The number of alkyl halides is 3. The van der Waals surface area contributed by atoms with Gasteiger partial charge in [-0.1, -0.05) is 6.07 Å². The van der Waals surface area contributed by atoms with Crippen LogP contribution >= 0.6 is 0 Å². The second-order valence-electron chi connectivity index (χ2n) is 7.45. The molecule has 4 rings (SSSR count). The molecule has 1 N–H and O–H groups in total. The standard InChI is InChI=1S/C23H16F3N3O5S/c1-14-13-15(23(24,25)26)5-10-21(14)35(32,33)28-16-6-8-17(9-7-16)34-20-11-12-27-22-18(20)3-2-4-19(22)29(30)31/h2-13,28H,1H3. The highest BCUT2D eigenvalue weighted by molar-refractivity contribution is 7.92. The molecule has 12 heteroatoms. The molecule has 0 aliphatic carbocycles.